The van der Waals surface area contributed by atoms with Gasteiger partial charge in [0.25, 0.3) is 5.91 Å². The van der Waals surface area contributed by atoms with Crippen molar-refractivity contribution in [3.63, 3.8) is 0 Å². The summed E-state index contributed by atoms with van der Waals surface area (Å²) in [4.78, 5) is 20.1. The summed E-state index contributed by atoms with van der Waals surface area (Å²) in [6.45, 7) is 0. The largest absolute Gasteiger partial charge is 0.460 e. The Hall–Kier alpha value is -2.28. The fourth-order valence-electron chi connectivity index (χ4n) is 2.81. The van der Waals surface area contributed by atoms with Gasteiger partial charge in [0, 0.05) is 6.04 Å². The Kier molecular flexibility index (Phi) is 5.43. The fourth-order valence-corrected chi connectivity index (χ4v) is 2.91. The minimum Gasteiger partial charge on any atom is -0.460 e. The summed E-state index contributed by atoms with van der Waals surface area (Å²) in [5.41, 5.74) is -0.546. The van der Waals surface area contributed by atoms with E-state index >= 15 is 0 Å². The van der Waals surface area contributed by atoms with E-state index in [1.54, 1.807) is 0 Å². The normalized spacial score (nSPS) is 20.1. The number of benzene rings is 1. The Morgan fingerprint density at radius 1 is 1.12 bits per heavy atom. The Balaban J connectivity index is 1.52. The smallest absolute Gasteiger partial charge is 0.316 e. The van der Waals surface area contributed by atoms with Gasteiger partial charge in [0.15, 0.2) is 0 Å². The quantitative estimate of drug-likeness (QED) is 0.897. The van der Waals surface area contributed by atoms with Gasteiger partial charge in [-0.05, 0) is 37.8 Å². The first-order valence-corrected chi connectivity index (χ1v) is 8.30. The fraction of sp³-hybridized carbons (Fsp3) is 0.353. The molecule has 0 radical (unpaired) electrons. The number of hydrogen-bond donors (Lipinski definition) is 1. The van der Waals surface area contributed by atoms with Crippen LogP contribution in [0.4, 0.5) is 8.78 Å². The third-order valence-electron chi connectivity index (χ3n) is 4.07. The molecular formula is C17H16ClF2N3O2. The third-order valence-corrected chi connectivity index (χ3v) is 4.26. The molecule has 1 heterocycles. The minimum atomic E-state index is -0.866. The van der Waals surface area contributed by atoms with Gasteiger partial charge in [0.05, 0.1) is 17.4 Å². The number of nitrogens with one attached hydrogen (secondary N) is 1. The van der Waals surface area contributed by atoms with Gasteiger partial charge in [-0.25, -0.2) is 18.7 Å². The summed E-state index contributed by atoms with van der Waals surface area (Å²) in [5, 5.41) is 3.12. The lowest BCUT2D eigenvalue weighted by Gasteiger charge is -2.28. The molecule has 1 aromatic carbocycles. The van der Waals surface area contributed by atoms with E-state index in [0.29, 0.717) is 30.7 Å². The van der Waals surface area contributed by atoms with Crippen LogP contribution in [0.1, 0.15) is 36.0 Å². The summed E-state index contributed by atoms with van der Waals surface area (Å²) in [7, 11) is 0. The summed E-state index contributed by atoms with van der Waals surface area (Å²) in [5.74, 6) is -2.47. The lowest BCUT2D eigenvalue weighted by Crippen LogP contribution is -2.40. The van der Waals surface area contributed by atoms with Crippen LogP contribution >= 0.6 is 11.6 Å². The van der Waals surface area contributed by atoms with E-state index in [0.717, 1.165) is 12.1 Å². The van der Waals surface area contributed by atoms with E-state index < -0.39 is 23.1 Å². The molecule has 0 bridgehead atoms. The summed E-state index contributed by atoms with van der Waals surface area (Å²) < 4.78 is 33.0. The van der Waals surface area contributed by atoms with Gasteiger partial charge in [-0.15, -0.1) is 0 Å². The van der Waals surface area contributed by atoms with Crippen molar-refractivity contribution in [1.29, 1.82) is 0 Å². The second kappa shape index (κ2) is 7.74. The van der Waals surface area contributed by atoms with E-state index in [1.165, 1.54) is 18.5 Å². The van der Waals surface area contributed by atoms with Crippen molar-refractivity contribution in [3.8, 4) is 6.01 Å². The number of ether oxygens (including phenoxy) is 1. The van der Waals surface area contributed by atoms with Crippen molar-refractivity contribution in [1.82, 2.24) is 15.3 Å². The Bertz CT molecular complexity index is 730. The molecule has 1 amide bonds. The second-order valence-electron chi connectivity index (χ2n) is 5.85. The number of nitrogens with zero attached hydrogens (tertiary/aromatic N) is 2. The zero-order valence-electron chi connectivity index (χ0n) is 13.2. The number of aromatic nitrogens is 2. The molecule has 2 aromatic rings. The predicted molar refractivity (Wildman–Crippen MR) is 87.5 cm³/mol. The molecule has 5 nitrogen and oxygen atoms in total. The predicted octanol–water partition coefficient (Wildman–Crippen LogP) is 3.53. The van der Waals surface area contributed by atoms with Crippen LogP contribution in [0.5, 0.6) is 6.01 Å². The topological polar surface area (TPSA) is 64.1 Å². The number of rotatable bonds is 4. The molecule has 1 aliphatic carbocycles. The summed E-state index contributed by atoms with van der Waals surface area (Å²) >= 11 is 5.72. The van der Waals surface area contributed by atoms with Crippen LogP contribution in [-0.4, -0.2) is 28.0 Å². The summed E-state index contributed by atoms with van der Waals surface area (Å²) in [6, 6.07) is 3.45. The first-order valence-electron chi connectivity index (χ1n) is 7.92. The first-order chi connectivity index (χ1) is 12.0. The third kappa shape index (κ3) is 4.42. The van der Waals surface area contributed by atoms with Gasteiger partial charge >= 0.3 is 6.01 Å². The molecule has 1 aromatic heterocycles. The number of hydrogen-bond acceptors (Lipinski definition) is 4. The molecule has 1 N–H and O–H groups in total. The van der Waals surface area contributed by atoms with Crippen molar-refractivity contribution in [2.24, 2.45) is 0 Å². The molecule has 1 aliphatic rings. The maximum absolute atomic E-state index is 13.6. The number of carbonyl (C=O) groups excluding carboxylic acids is 1. The molecular weight excluding hydrogens is 352 g/mol. The molecule has 1 saturated carbocycles. The lowest BCUT2D eigenvalue weighted by molar-refractivity contribution is 0.0877. The molecule has 8 heteroatoms. The second-order valence-corrected chi connectivity index (χ2v) is 6.28. The van der Waals surface area contributed by atoms with E-state index in [1.807, 2.05) is 0 Å². The molecule has 0 aliphatic heterocycles. The molecule has 0 saturated heterocycles. The maximum atomic E-state index is 13.6. The van der Waals surface area contributed by atoms with Crippen LogP contribution in [-0.2, 0) is 0 Å². The average molecular weight is 368 g/mol. The standard InChI is InChI=1S/C17H16ClF2N3O2/c18-10-8-21-17(22-9-10)25-12-6-4-11(5-7-12)23-16(24)15-13(19)2-1-3-14(15)20/h1-3,8-9,11-12H,4-7H2,(H,23,24). The highest BCUT2D eigenvalue weighted by atomic mass is 35.5. The van der Waals surface area contributed by atoms with Gasteiger partial charge in [0.2, 0.25) is 0 Å². The van der Waals surface area contributed by atoms with E-state index in [-0.39, 0.29) is 18.2 Å². The Morgan fingerprint density at radius 3 is 2.32 bits per heavy atom. The van der Waals surface area contributed by atoms with Crippen LogP contribution in [0.3, 0.4) is 0 Å². The van der Waals surface area contributed by atoms with Crippen LogP contribution in [0, 0.1) is 11.6 Å². The molecule has 25 heavy (non-hydrogen) atoms. The highest BCUT2D eigenvalue weighted by Crippen LogP contribution is 2.23. The summed E-state index contributed by atoms with van der Waals surface area (Å²) in [6.07, 6.45) is 5.48. The van der Waals surface area contributed by atoms with Crippen molar-refractivity contribution in [3.05, 3.63) is 52.8 Å². The van der Waals surface area contributed by atoms with Crippen LogP contribution in [0.25, 0.3) is 0 Å². The lowest BCUT2D eigenvalue weighted by atomic mass is 9.92. The van der Waals surface area contributed by atoms with Crippen molar-refractivity contribution in [2.75, 3.05) is 0 Å². The van der Waals surface area contributed by atoms with Gasteiger partial charge < -0.3 is 10.1 Å². The van der Waals surface area contributed by atoms with E-state index in [4.69, 9.17) is 16.3 Å². The highest BCUT2D eigenvalue weighted by molar-refractivity contribution is 6.30. The Morgan fingerprint density at radius 2 is 1.72 bits per heavy atom. The zero-order valence-corrected chi connectivity index (χ0v) is 14.0. The number of carbonyl (C=O) groups is 1. The van der Waals surface area contributed by atoms with Gasteiger partial charge in [-0.2, -0.15) is 0 Å². The highest BCUT2D eigenvalue weighted by Gasteiger charge is 2.26. The van der Waals surface area contributed by atoms with Gasteiger partial charge in [0.1, 0.15) is 23.3 Å². The van der Waals surface area contributed by atoms with Crippen LogP contribution < -0.4 is 10.1 Å². The number of amides is 1. The maximum Gasteiger partial charge on any atom is 0.316 e. The molecule has 3 rings (SSSR count). The molecule has 132 valence electrons. The molecule has 0 unspecified atom stereocenters. The van der Waals surface area contributed by atoms with E-state index in [2.05, 4.69) is 15.3 Å². The van der Waals surface area contributed by atoms with Crippen LogP contribution in [0.15, 0.2) is 30.6 Å². The monoisotopic (exact) mass is 367 g/mol. The van der Waals surface area contributed by atoms with Crippen molar-refractivity contribution in [2.45, 2.75) is 37.8 Å². The minimum absolute atomic E-state index is 0.0699. The van der Waals surface area contributed by atoms with Gasteiger partial charge in [-0.3, -0.25) is 4.79 Å². The molecule has 0 atom stereocenters. The molecule has 0 spiro atoms. The van der Waals surface area contributed by atoms with E-state index in [9.17, 15) is 13.6 Å². The number of halogens is 3. The van der Waals surface area contributed by atoms with Crippen molar-refractivity contribution < 1.29 is 18.3 Å². The van der Waals surface area contributed by atoms with Gasteiger partial charge in [-0.1, -0.05) is 17.7 Å². The van der Waals surface area contributed by atoms with Crippen molar-refractivity contribution >= 4 is 17.5 Å². The Labute approximate surface area is 148 Å². The molecule has 1 fully saturated rings. The average Bonchev–Trinajstić information content (AvgIpc) is 2.58. The zero-order chi connectivity index (χ0) is 17.8. The van der Waals surface area contributed by atoms with Crippen LogP contribution in [0.2, 0.25) is 5.02 Å². The first kappa shape index (κ1) is 17.5. The SMILES string of the molecule is O=C(NC1CCC(Oc2ncc(Cl)cn2)CC1)c1c(F)cccc1F.